The Morgan fingerprint density at radius 3 is 1.95 bits per heavy atom. The molecule has 0 amide bonds. The van der Waals surface area contributed by atoms with E-state index in [9.17, 15) is 5.11 Å². The van der Waals surface area contributed by atoms with Crippen LogP contribution < -0.4 is 0 Å². The monoisotopic (exact) mass is 294 g/mol. The third kappa shape index (κ3) is 3.17. The van der Waals surface area contributed by atoms with Crippen molar-refractivity contribution in [2.45, 2.75) is 70.3 Å². The van der Waals surface area contributed by atoms with Crippen molar-refractivity contribution in [3.8, 4) is 0 Å². The van der Waals surface area contributed by atoms with Crippen LogP contribution >= 0.6 is 0 Å². The molecule has 0 aromatic carbocycles. The van der Waals surface area contributed by atoms with E-state index >= 15 is 0 Å². The summed E-state index contributed by atoms with van der Waals surface area (Å²) in [7, 11) is 3.25. The fraction of sp³-hybridized carbons (Fsp3) is 1.00. The molecule has 1 N–H and O–H groups in total. The Bertz CT molecular complexity index is 330. The SMILES string of the molecule is COC.O[C@H]1CCC2[C@H](CCC3[C@H]4CCCC4CC[C@@H]23)C1. The highest BCUT2D eigenvalue weighted by molar-refractivity contribution is 4.99. The highest BCUT2D eigenvalue weighted by atomic mass is 16.4. The standard InChI is InChI=1S/C17H28O.C2H6O/c18-13-6-9-15-12(10-13)5-8-16-14-3-1-2-11(14)4-7-17(15)16;1-3-2/h11-18H,1-10H2;1-2H3/t11?,12-,13+,14+,15?,16?,17+;/m1./s1. The number of fused-ring (bicyclic) bond motifs is 5. The summed E-state index contributed by atoms with van der Waals surface area (Å²) in [5.74, 6) is 6.23. The maximum absolute atomic E-state index is 9.89. The normalized spacial score (nSPS) is 48.4. The van der Waals surface area contributed by atoms with Gasteiger partial charge in [-0.1, -0.05) is 12.8 Å². The van der Waals surface area contributed by atoms with Gasteiger partial charge in [0, 0.05) is 14.2 Å². The maximum atomic E-state index is 9.89. The molecule has 0 spiro atoms. The summed E-state index contributed by atoms with van der Waals surface area (Å²) in [6, 6.07) is 0. The fourth-order valence-corrected chi connectivity index (χ4v) is 6.45. The lowest BCUT2D eigenvalue weighted by molar-refractivity contribution is -0.0457. The van der Waals surface area contributed by atoms with Gasteiger partial charge in [0.05, 0.1) is 6.10 Å². The molecule has 0 saturated heterocycles. The van der Waals surface area contributed by atoms with E-state index in [0.717, 1.165) is 48.3 Å². The summed E-state index contributed by atoms with van der Waals surface area (Å²) >= 11 is 0. The van der Waals surface area contributed by atoms with E-state index in [1.807, 2.05) is 0 Å². The van der Waals surface area contributed by atoms with Crippen LogP contribution in [0, 0.1) is 35.5 Å². The summed E-state index contributed by atoms with van der Waals surface area (Å²) in [6.45, 7) is 0. The van der Waals surface area contributed by atoms with E-state index in [4.69, 9.17) is 0 Å². The molecule has 2 nitrogen and oxygen atoms in total. The van der Waals surface area contributed by atoms with E-state index in [2.05, 4.69) is 4.74 Å². The maximum Gasteiger partial charge on any atom is 0.0543 e. The van der Waals surface area contributed by atoms with Crippen LogP contribution in [0.1, 0.15) is 64.2 Å². The van der Waals surface area contributed by atoms with Crippen molar-refractivity contribution in [3.05, 3.63) is 0 Å². The van der Waals surface area contributed by atoms with Gasteiger partial charge in [0.2, 0.25) is 0 Å². The first-order chi connectivity index (χ1) is 10.2. The summed E-state index contributed by atoms with van der Waals surface area (Å²) in [5.41, 5.74) is 0. The third-order valence-corrected chi connectivity index (χ3v) is 7.12. The minimum Gasteiger partial charge on any atom is -0.393 e. The molecule has 0 aromatic rings. The van der Waals surface area contributed by atoms with Crippen LogP contribution in [0.25, 0.3) is 0 Å². The van der Waals surface area contributed by atoms with Crippen molar-refractivity contribution in [3.63, 3.8) is 0 Å². The summed E-state index contributed by atoms with van der Waals surface area (Å²) in [5, 5.41) is 9.89. The van der Waals surface area contributed by atoms with Gasteiger partial charge < -0.3 is 9.84 Å². The molecular weight excluding hydrogens is 260 g/mol. The van der Waals surface area contributed by atoms with Gasteiger partial charge in [0.25, 0.3) is 0 Å². The zero-order chi connectivity index (χ0) is 14.8. The minimum absolute atomic E-state index is 0.0330. The van der Waals surface area contributed by atoms with Crippen molar-refractivity contribution in [1.29, 1.82) is 0 Å². The number of aliphatic hydroxyl groups is 1. The van der Waals surface area contributed by atoms with Gasteiger partial charge in [0.15, 0.2) is 0 Å². The first-order valence-electron chi connectivity index (χ1n) is 9.32. The Morgan fingerprint density at radius 2 is 1.24 bits per heavy atom. The van der Waals surface area contributed by atoms with Crippen molar-refractivity contribution in [2.24, 2.45) is 35.5 Å². The van der Waals surface area contributed by atoms with Gasteiger partial charge >= 0.3 is 0 Å². The van der Waals surface area contributed by atoms with Gasteiger partial charge in [-0.05, 0) is 86.9 Å². The van der Waals surface area contributed by atoms with Crippen LogP contribution in [0.5, 0.6) is 0 Å². The molecule has 0 bridgehead atoms. The average molecular weight is 294 g/mol. The topological polar surface area (TPSA) is 29.5 Å². The minimum atomic E-state index is 0.0330. The van der Waals surface area contributed by atoms with Crippen LogP contribution in [0.3, 0.4) is 0 Å². The number of hydrogen-bond donors (Lipinski definition) is 1. The van der Waals surface area contributed by atoms with E-state index < -0.39 is 0 Å². The van der Waals surface area contributed by atoms with Crippen molar-refractivity contribution >= 4 is 0 Å². The molecule has 2 heteroatoms. The Morgan fingerprint density at radius 1 is 0.667 bits per heavy atom. The highest BCUT2D eigenvalue weighted by Crippen LogP contribution is 2.57. The summed E-state index contributed by atoms with van der Waals surface area (Å²) < 4.78 is 4.25. The Hall–Kier alpha value is -0.0800. The molecule has 4 saturated carbocycles. The van der Waals surface area contributed by atoms with Gasteiger partial charge in [-0.2, -0.15) is 0 Å². The second-order valence-corrected chi connectivity index (χ2v) is 8.14. The van der Waals surface area contributed by atoms with E-state index in [1.54, 1.807) is 27.1 Å². The number of rotatable bonds is 0. The molecule has 0 radical (unpaired) electrons. The fourth-order valence-electron chi connectivity index (χ4n) is 6.45. The van der Waals surface area contributed by atoms with E-state index in [0.29, 0.717) is 0 Å². The van der Waals surface area contributed by atoms with Crippen LogP contribution in [-0.4, -0.2) is 25.4 Å². The van der Waals surface area contributed by atoms with Gasteiger partial charge in [-0.25, -0.2) is 0 Å². The molecule has 4 aliphatic carbocycles. The molecule has 4 aliphatic rings. The number of methoxy groups -OCH3 is 1. The first-order valence-corrected chi connectivity index (χ1v) is 9.32. The third-order valence-electron chi connectivity index (χ3n) is 7.12. The molecule has 122 valence electrons. The molecular formula is C19H34O2. The average Bonchev–Trinajstić information content (AvgIpc) is 2.96. The lowest BCUT2D eigenvalue weighted by Crippen LogP contribution is -2.45. The Labute approximate surface area is 130 Å². The lowest BCUT2D eigenvalue weighted by atomic mass is 9.53. The molecule has 0 aliphatic heterocycles. The highest BCUT2D eigenvalue weighted by Gasteiger charge is 2.49. The molecule has 4 rings (SSSR count). The Kier molecular flexibility index (Phi) is 5.27. The molecule has 7 atom stereocenters. The number of ether oxygens (including phenoxy) is 1. The largest absolute Gasteiger partial charge is 0.393 e. The summed E-state index contributed by atoms with van der Waals surface area (Å²) in [4.78, 5) is 0. The number of aliphatic hydroxyl groups excluding tert-OH is 1. The van der Waals surface area contributed by atoms with Crippen LogP contribution in [0.15, 0.2) is 0 Å². The van der Waals surface area contributed by atoms with Crippen LogP contribution in [0.2, 0.25) is 0 Å². The van der Waals surface area contributed by atoms with Gasteiger partial charge in [0.1, 0.15) is 0 Å². The molecule has 3 unspecified atom stereocenters. The molecule has 4 fully saturated rings. The van der Waals surface area contributed by atoms with Crippen molar-refractivity contribution in [2.75, 3.05) is 14.2 Å². The van der Waals surface area contributed by atoms with E-state index in [-0.39, 0.29) is 6.10 Å². The van der Waals surface area contributed by atoms with Crippen LogP contribution in [0.4, 0.5) is 0 Å². The molecule has 0 heterocycles. The smallest absolute Gasteiger partial charge is 0.0543 e. The number of hydrogen-bond acceptors (Lipinski definition) is 2. The van der Waals surface area contributed by atoms with Crippen molar-refractivity contribution in [1.82, 2.24) is 0 Å². The van der Waals surface area contributed by atoms with Gasteiger partial charge in [-0.15, -0.1) is 0 Å². The quantitative estimate of drug-likeness (QED) is 0.723. The first kappa shape index (κ1) is 15.8. The second kappa shape index (κ2) is 7.00. The summed E-state index contributed by atoms with van der Waals surface area (Å²) in [6.07, 6.45) is 14.2. The predicted molar refractivity (Wildman–Crippen MR) is 86.0 cm³/mol. The van der Waals surface area contributed by atoms with Crippen molar-refractivity contribution < 1.29 is 9.84 Å². The zero-order valence-corrected chi connectivity index (χ0v) is 14.0. The van der Waals surface area contributed by atoms with Gasteiger partial charge in [-0.3, -0.25) is 0 Å². The molecule has 0 aromatic heterocycles. The lowest BCUT2D eigenvalue weighted by Gasteiger charge is -2.52. The molecule has 21 heavy (non-hydrogen) atoms. The second-order valence-electron chi connectivity index (χ2n) is 8.14. The van der Waals surface area contributed by atoms with Crippen LogP contribution in [-0.2, 0) is 4.74 Å². The predicted octanol–water partition coefficient (Wildman–Crippen LogP) is 4.26. The Balaban J connectivity index is 0.000000409. The zero-order valence-electron chi connectivity index (χ0n) is 14.0. The van der Waals surface area contributed by atoms with E-state index in [1.165, 1.54) is 38.5 Å².